The van der Waals surface area contributed by atoms with Crippen LogP contribution in [0.1, 0.15) is 102 Å². The fourth-order valence-corrected chi connectivity index (χ4v) is 4.75. The Morgan fingerprint density at radius 3 is 2.03 bits per heavy atom. The Bertz CT molecular complexity index is 866. The van der Waals surface area contributed by atoms with Gasteiger partial charge in [-0.3, -0.25) is 0 Å². The Balaban J connectivity index is 1.34. The highest BCUT2D eigenvalue weighted by Crippen LogP contribution is 2.32. The molecule has 2 aromatic carbocycles. The van der Waals surface area contributed by atoms with Crippen LogP contribution >= 0.6 is 0 Å². The summed E-state index contributed by atoms with van der Waals surface area (Å²) in [6.45, 7) is 8.03. The maximum atomic E-state index is 12.5. The Hall–Kier alpha value is -2.49. The zero-order valence-corrected chi connectivity index (χ0v) is 22.7. The fraction of sp³-hybridized carbons (Fsp3) is 0.594. The molecule has 1 aliphatic rings. The van der Waals surface area contributed by atoms with Gasteiger partial charge in [-0.25, -0.2) is 4.79 Å². The molecular formula is C32H46O4. The SMILES string of the molecule is CCCCCCCC1CCC(COc2ccc(OC(=O)c3ccc(OCC(C)CC)cc3)cc2)CC1. The maximum absolute atomic E-state index is 12.5. The van der Waals surface area contributed by atoms with Crippen LogP contribution in [-0.4, -0.2) is 19.2 Å². The van der Waals surface area contributed by atoms with E-state index in [0.717, 1.165) is 30.4 Å². The van der Waals surface area contributed by atoms with E-state index in [4.69, 9.17) is 14.2 Å². The summed E-state index contributed by atoms with van der Waals surface area (Å²) < 4.78 is 17.4. The lowest BCUT2D eigenvalue weighted by Crippen LogP contribution is -2.20. The predicted octanol–water partition coefficient (Wildman–Crippen LogP) is 8.88. The molecule has 0 bridgehead atoms. The molecule has 4 nitrogen and oxygen atoms in total. The molecule has 0 aromatic heterocycles. The Kier molecular flexibility index (Phi) is 12.2. The number of ether oxygens (including phenoxy) is 3. The average Bonchev–Trinajstić information content (AvgIpc) is 2.92. The van der Waals surface area contributed by atoms with Crippen molar-refractivity contribution in [2.45, 2.75) is 91.4 Å². The van der Waals surface area contributed by atoms with Crippen LogP contribution in [0.25, 0.3) is 0 Å². The second-order valence-corrected chi connectivity index (χ2v) is 10.6. The van der Waals surface area contributed by atoms with Gasteiger partial charge in [-0.15, -0.1) is 0 Å². The first-order chi connectivity index (χ1) is 17.6. The third-order valence-corrected chi connectivity index (χ3v) is 7.52. The molecule has 36 heavy (non-hydrogen) atoms. The number of carbonyl (C=O) groups excluding carboxylic acids is 1. The van der Waals surface area contributed by atoms with Crippen LogP contribution in [0, 0.1) is 17.8 Å². The highest BCUT2D eigenvalue weighted by molar-refractivity contribution is 5.91. The van der Waals surface area contributed by atoms with E-state index in [2.05, 4.69) is 20.8 Å². The standard InChI is InChI=1S/C32H46O4/c1-4-6-7-8-9-10-26-11-13-27(14-12-26)24-35-30-19-21-31(22-20-30)36-32(33)28-15-17-29(18-16-28)34-23-25(3)5-2/h15-22,25-27H,4-14,23-24H2,1-3H3. The van der Waals surface area contributed by atoms with Gasteiger partial charge in [0.25, 0.3) is 0 Å². The van der Waals surface area contributed by atoms with Crippen molar-refractivity contribution in [1.82, 2.24) is 0 Å². The lowest BCUT2D eigenvalue weighted by Gasteiger charge is -2.28. The van der Waals surface area contributed by atoms with Gasteiger partial charge in [0.1, 0.15) is 17.2 Å². The van der Waals surface area contributed by atoms with Crippen molar-refractivity contribution in [3.63, 3.8) is 0 Å². The second kappa shape index (κ2) is 15.6. The van der Waals surface area contributed by atoms with Crippen LogP contribution in [0.5, 0.6) is 17.2 Å². The Morgan fingerprint density at radius 2 is 1.36 bits per heavy atom. The van der Waals surface area contributed by atoms with Crippen molar-refractivity contribution < 1.29 is 19.0 Å². The van der Waals surface area contributed by atoms with Gasteiger partial charge in [0.05, 0.1) is 18.8 Å². The molecule has 0 aliphatic heterocycles. The van der Waals surface area contributed by atoms with E-state index in [1.807, 2.05) is 24.3 Å². The number of carbonyl (C=O) groups is 1. The third kappa shape index (κ3) is 9.87. The normalized spacial score (nSPS) is 18.4. The van der Waals surface area contributed by atoms with Gasteiger partial charge in [0, 0.05) is 0 Å². The topological polar surface area (TPSA) is 44.8 Å². The monoisotopic (exact) mass is 494 g/mol. The van der Waals surface area contributed by atoms with Crippen LogP contribution in [0.3, 0.4) is 0 Å². The number of unbranched alkanes of at least 4 members (excludes halogenated alkanes) is 4. The second-order valence-electron chi connectivity index (χ2n) is 10.6. The van der Waals surface area contributed by atoms with Crippen LogP contribution in [0.4, 0.5) is 0 Å². The van der Waals surface area contributed by atoms with Crippen molar-refractivity contribution in [1.29, 1.82) is 0 Å². The van der Waals surface area contributed by atoms with Crippen LogP contribution in [0.2, 0.25) is 0 Å². The summed E-state index contributed by atoms with van der Waals surface area (Å²) in [6.07, 6.45) is 14.7. The molecule has 0 amide bonds. The molecule has 0 heterocycles. The highest BCUT2D eigenvalue weighted by atomic mass is 16.5. The Labute approximate surface area is 218 Å². The first kappa shape index (κ1) is 28.1. The van der Waals surface area contributed by atoms with E-state index < -0.39 is 0 Å². The third-order valence-electron chi connectivity index (χ3n) is 7.52. The van der Waals surface area contributed by atoms with Crippen molar-refractivity contribution >= 4 is 5.97 Å². The van der Waals surface area contributed by atoms with E-state index in [9.17, 15) is 4.79 Å². The summed E-state index contributed by atoms with van der Waals surface area (Å²) in [6, 6.07) is 14.5. The van der Waals surface area contributed by atoms with Gasteiger partial charge >= 0.3 is 5.97 Å². The van der Waals surface area contributed by atoms with E-state index in [1.165, 1.54) is 64.2 Å². The molecule has 1 atom stereocenters. The molecule has 1 unspecified atom stereocenters. The van der Waals surface area contributed by atoms with Crippen LogP contribution < -0.4 is 14.2 Å². The number of benzene rings is 2. The Morgan fingerprint density at radius 1 is 0.778 bits per heavy atom. The molecule has 4 heteroatoms. The van der Waals surface area contributed by atoms with Gasteiger partial charge in [0.15, 0.2) is 0 Å². The molecule has 0 N–H and O–H groups in total. The first-order valence-electron chi connectivity index (χ1n) is 14.2. The van der Waals surface area contributed by atoms with Crippen molar-refractivity contribution in [2.24, 2.45) is 17.8 Å². The summed E-state index contributed by atoms with van der Waals surface area (Å²) in [7, 11) is 0. The van der Waals surface area contributed by atoms with Gasteiger partial charge < -0.3 is 14.2 Å². The number of esters is 1. The van der Waals surface area contributed by atoms with Crippen molar-refractivity contribution in [2.75, 3.05) is 13.2 Å². The van der Waals surface area contributed by atoms with E-state index in [0.29, 0.717) is 29.8 Å². The molecule has 0 spiro atoms. The molecule has 2 aromatic rings. The summed E-state index contributed by atoms with van der Waals surface area (Å²) in [5.41, 5.74) is 0.503. The highest BCUT2D eigenvalue weighted by Gasteiger charge is 2.21. The molecule has 0 radical (unpaired) electrons. The molecule has 1 saturated carbocycles. The number of rotatable bonds is 15. The largest absolute Gasteiger partial charge is 0.493 e. The summed E-state index contributed by atoms with van der Waals surface area (Å²) >= 11 is 0. The zero-order valence-electron chi connectivity index (χ0n) is 22.7. The summed E-state index contributed by atoms with van der Waals surface area (Å²) in [5.74, 6) is 3.82. The minimum atomic E-state index is -0.376. The van der Waals surface area contributed by atoms with Crippen LogP contribution in [0.15, 0.2) is 48.5 Å². The minimum absolute atomic E-state index is 0.376. The predicted molar refractivity (Wildman–Crippen MR) is 147 cm³/mol. The van der Waals surface area contributed by atoms with Crippen molar-refractivity contribution in [3.8, 4) is 17.2 Å². The maximum Gasteiger partial charge on any atom is 0.343 e. The van der Waals surface area contributed by atoms with E-state index >= 15 is 0 Å². The minimum Gasteiger partial charge on any atom is -0.493 e. The van der Waals surface area contributed by atoms with Gasteiger partial charge in [-0.1, -0.05) is 78.6 Å². The van der Waals surface area contributed by atoms with Gasteiger partial charge in [-0.2, -0.15) is 0 Å². The van der Waals surface area contributed by atoms with Crippen LogP contribution in [-0.2, 0) is 0 Å². The molecule has 1 aliphatic carbocycles. The first-order valence-corrected chi connectivity index (χ1v) is 14.2. The number of hydrogen-bond acceptors (Lipinski definition) is 4. The van der Waals surface area contributed by atoms with E-state index in [1.54, 1.807) is 24.3 Å². The summed E-state index contributed by atoms with van der Waals surface area (Å²) in [4.78, 5) is 12.5. The molecular weight excluding hydrogens is 448 g/mol. The molecule has 198 valence electrons. The quantitative estimate of drug-likeness (QED) is 0.141. The zero-order chi connectivity index (χ0) is 25.6. The molecule has 1 fully saturated rings. The van der Waals surface area contributed by atoms with Crippen molar-refractivity contribution in [3.05, 3.63) is 54.1 Å². The lowest BCUT2D eigenvalue weighted by molar-refractivity contribution is 0.0734. The molecule has 3 rings (SSSR count). The average molecular weight is 495 g/mol. The number of hydrogen-bond donors (Lipinski definition) is 0. The lowest BCUT2D eigenvalue weighted by atomic mass is 9.80. The fourth-order valence-electron chi connectivity index (χ4n) is 4.75. The van der Waals surface area contributed by atoms with Gasteiger partial charge in [0.2, 0.25) is 0 Å². The van der Waals surface area contributed by atoms with E-state index in [-0.39, 0.29) is 5.97 Å². The smallest absolute Gasteiger partial charge is 0.343 e. The van der Waals surface area contributed by atoms with Gasteiger partial charge in [-0.05, 0) is 79.1 Å². The molecule has 0 saturated heterocycles. The summed E-state index contributed by atoms with van der Waals surface area (Å²) in [5, 5.41) is 0.